The Morgan fingerprint density at radius 2 is 1.96 bits per heavy atom. The van der Waals surface area contributed by atoms with E-state index in [1.165, 1.54) is 19.3 Å². The topological polar surface area (TPSA) is 35.3 Å². The predicted molar refractivity (Wildman–Crippen MR) is 102 cm³/mol. The van der Waals surface area contributed by atoms with Gasteiger partial charge in [-0.05, 0) is 37.3 Å². The van der Waals surface area contributed by atoms with Crippen molar-refractivity contribution in [1.29, 1.82) is 0 Å². The van der Waals surface area contributed by atoms with E-state index in [1.54, 1.807) is 0 Å². The number of aryl methyl sites for hydroxylation is 1. The van der Waals surface area contributed by atoms with Crippen LogP contribution in [0.15, 0.2) is 22.7 Å². The summed E-state index contributed by atoms with van der Waals surface area (Å²) in [6.45, 7) is 4.86. The molecule has 3 rings (SSSR count). The Labute approximate surface area is 159 Å². The summed E-state index contributed by atoms with van der Waals surface area (Å²) in [7, 11) is 0. The molecule has 0 saturated heterocycles. The molecule has 5 heteroatoms. The normalized spacial score (nSPS) is 20.3. The predicted octanol–water partition coefficient (Wildman–Crippen LogP) is 6.70. The van der Waals surface area contributed by atoms with E-state index in [0.29, 0.717) is 34.4 Å². The molecule has 136 valence electrons. The zero-order valence-electron chi connectivity index (χ0n) is 14.9. The number of aromatic nitrogens is 1. The van der Waals surface area contributed by atoms with Crippen LogP contribution in [0.3, 0.4) is 0 Å². The fourth-order valence-electron chi connectivity index (χ4n) is 3.72. The van der Waals surface area contributed by atoms with Crippen LogP contribution in [0.1, 0.15) is 57.3 Å². The van der Waals surface area contributed by atoms with Crippen molar-refractivity contribution in [2.75, 3.05) is 0 Å². The Hall–Kier alpha value is -1.03. The molecule has 0 N–H and O–H groups in total. The number of rotatable bonds is 7. The van der Waals surface area contributed by atoms with E-state index in [0.717, 1.165) is 36.1 Å². The molecule has 0 bridgehead atoms. The van der Waals surface area contributed by atoms with Crippen molar-refractivity contribution < 1.29 is 9.26 Å². The van der Waals surface area contributed by atoms with Gasteiger partial charge in [0, 0.05) is 17.5 Å². The van der Waals surface area contributed by atoms with Crippen LogP contribution in [0, 0.1) is 5.92 Å². The van der Waals surface area contributed by atoms with Crippen LogP contribution in [-0.2, 0) is 17.8 Å². The minimum atomic E-state index is 0.323. The summed E-state index contributed by atoms with van der Waals surface area (Å²) in [5.74, 6) is 1.53. The van der Waals surface area contributed by atoms with E-state index >= 15 is 0 Å². The summed E-state index contributed by atoms with van der Waals surface area (Å²) in [4.78, 5) is 0. The molecule has 0 aliphatic heterocycles. The lowest BCUT2D eigenvalue weighted by atomic mass is 10.0. The molecule has 2 unspecified atom stereocenters. The van der Waals surface area contributed by atoms with Crippen LogP contribution < -0.4 is 0 Å². The second-order valence-electron chi connectivity index (χ2n) is 6.73. The van der Waals surface area contributed by atoms with Gasteiger partial charge in [-0.3, -0.25) is 0 Å². The third-order valence-electron chi connectivity index (χ3n) is 5.10. The quantitative estimate of drug-likeness (QED) is 0.535. The smallest absolute Gasteiger partial charge is 0.142 e. The summed E-state index contributed by atoms with van der Waals surface area (Å²) < 4.78 is 11.9. The van der Waals surface area contributed by atoms with Gasteiger partial charge in [0.2, 0.25) is 0 Å². The number of nitrogens with zero attached hydrogens (tertiary/aromatic N) is 1. The van der Waals surface area contributed by atoms with Crippen LogP contribution in [0.25, 0.3) is 11.3 Å². The van der Waals surface area contributed by atoms with E-state index < -0.39 is 0 Å². The fourth-order valence-corrected chi connectivity index (χ4v) is 4.29. The second kappa shape index (κ2) is 8.57. The molecule has 25 heavy (non-hydrogen) atoms. The van der Waals surface area contributed by atoms with E-state index in [4.69, 9.17) is 32.5 Å². The van der Waals surface area contributed by atoms with Crippen LogP contribution >= 0.6 is 23.2 Å². The van der Waals surface area contributed by atoms with Gasteiger partial charge in [-0.25, -0.2) is 0 Å². The molecule has 0 radical (unpaired) electrons. The standard InChI is InChI=1S/C20H25Cl2NO2/c1-3-7-18-14(12-24-17-11-5-8-13(17)4-2)20(23-25-18)19-15(21)9-6-10-16(19)22/h6,9-10,13,17H,3-5,7-8,11-12H2,1-2H3. The molecular weight excluding hydrogens is 357 g/mol. The number of hydrogen-bond acceptors (Lipinski definition) is 3. The Morgan fingerprint density at radius 1 is 1.20 bits per heavy atom. The lowest BCUT2D eigenvalue weighted by molar-refractivity contribution is 0.0146. The molecular formula is C20H25Cl2NO2. The SMILES string of the molecule is CCCc1onc(-c2c(Cl)cccc2Cl)c1COC1CCCC1CC. The first-order chi connectivity index (χ1) is 12.2. The minimum absolute atomic E-state index is 0.323. The highest BCUT2D eigenvalue weighted by atomic mass is 35.5. The number of ether oxygens (including phenoxy) is 1. The fraction of sp³-hybridized carbons (Fsp3) is 0.550. The first kappa shape index (κ1) is 18.8. The molecule has 1 aliphatic carbocycles. The van der Waals surface area contributed by atoms with Crippen molar-refractivity contribution in [1.82, 2.24) is 5.16 Å². The zero-order valence-corrected chi connectivity index (χ0v) is 16.4. The van der Waals surface area contributed by atoms with Gasteiger partial charge in [-0.1, -0.05) is 61.1 Å². The lowest BCUT2D eigenvalue weighted by Crippen LogP contribution is -2.17. The third kappa shape index (κ3) is 4.05. The molecule has 1 fully saturated rings. The van der Waals surface area contributed by atoms with Gasteiger partial charge in [-0.15, -0.1) is 0 Å². The largest absolute Gasteiger partial charge is 0.373 e. The maximum atomic E-state index is 6.39. The lowest BCUT2D eigenvalue weighted by Gasteiger charge is -2.19. The highest BCUT2D eigenvalue weighted by Crippen LogP contribution is 2.38. The van der Waals surface area contributed by atoms with E-state index in [-0.39, 0.29) is 0 Å². The van der Waals surface area contributed by atoms with Gasteiger partial charge < -0.3 is 9.26 Å². The van der Waals surface area contributed by atoms with E-state index in [9.17, 15) is 0 Å². The maximum Gasteiger partial charge on any atom is 0.142 e. The van der Waals surface area contributed by atoms with E-state index in [1.807, 2.05) is 18.2 Å². The van der Waals surface area contributed by atoms with Gasteiger partial charge in [0.25, 0.3) is 0 Å². The third-order valence-corrected chi connectivity index (χ3v) is 5.73. The highest BCUT2D eigenvalue weighted by Gasteiger charge is 2.28. The molecule has 1 heterocycles. The average Bonchev–Trinajstić information content (AvgIpc) is 3.20. The average molecular weight is 382 g/mol. The van der Waals surface area contributed by atoms with Crippen LogP contribution in [0.2, 0.25) is 10.0 Å². The molecule has 1 aromatic heterocycles. The summed E-state index contributed by atoms with van der Waals surface area (Å²) >= 11 is 12.8. The first-order valence-electron chi connectivity index (χ1n) is 9.19. The number of hydrogen-bond donors (Lipinski definition) is 0. The van der Waals surface area contributed by atoms with Gasteiger partial charge >= 0.3 is 0 Å². The van der Waals surface area contributed by atoms with E-state index in [2.05, 4.69) is 19.0 Å². The molecule has 0 amide bonds. The monoisotopic (exact) mass is 381 g/mol. The van der Waals surface area contributed by atoms with Crippen molar-refractivity contribution in [2.24, 2.45) is 5.92 Å². The minimum Gasteiger partial charge on any atom is -0.373 e. The number of halogens is 2. The maximum absolute atomic E-state index is 6.39. The van der Waals surface area contributed by atoms with Crippen molar-refractivity contribution in [3.8, 4) is 11.3 Å². The van der Waals surface area contributed by atoms with Crippen molar-refractivity contribution in [2.45, 2.75) is 65.1 Å². The Kier molecular flexibility index (Phi) is 6.43. The van der Waals surface area contributed by atoms with Gasteiger partial charge in [0.15, 0.2) is 0 Å². The van der Waals surface area contributed by atoms with Crippen molar-refractivity contribution in [3.63, 3.8) is 0 Å². The summed E-state index contributed by atoms with van der Waals surface area (Å²) in [5, 5.41) is 5.45. The van der Waals surface area contributed by atoms with Gasteiger partial charge in [0.05, 0.1) is 22.8 Å². The first-order valence-corrected chi connectivity index (χ1v) is 9.94. The molecule has 1 aliphatic rings. The highest BCUT2D eigenvalue weighted by molar-refractivity contribution is 6.39. The Morgan fingerprint density at radius 3 is 2.64 bits per heavy atom. The summed E-state index contributed by atoms with van der Waals surface area (Å²) in [5.41, 5.74) is 2.43. The molecule has 2 atom stereocenters. The van der Waals surface area contributed by atoms with Crippen LogP contribution in [-0.4, -0.2) is 11.3 Å². The molecule has 0 spiro atoms. The van der Waals surface area contributed by atoms with Gasteiger partial charge in [0.1, 0.15) is 11.5 Å². The molecule has 1 aromatic carbocycles. The van der Waals surface area contributed by atoms with Crippen molar-refractivity contribution in [3.05, 3.63) is 39.6 Å². The summed E-state index contributed by atoms with van der Waals surface area (Å²) in [6.07, 6.45) is 6.94. The van der Waals surface area contributed by atoms with Crippen LogP contribution in [0.5, 0.6) is 0 Å². The number of benzene rings is 1. The second-order valence-corrected chi connectivity index (χ2v) is 7.54. The van der Waals surface area contributed by atoms with Crippen LogP contribution in [0.4, 0.5) is 0 Å². The Balaban J connectivity index is 1.90. The van der Waals surface area contributed by atoms with Crippen molar-refractivity contribution >= 4 is 23.2 Å². The zero-order chi connectivity index (χ0) is 17.8. The molecule has 3 nitrogen and oxygen atoms in total. The van der Waals surface area contributed by atoms with Gasteiger partial charge in [-0.2, -0.15) is 0 Å². The Bertz CT molecular complexity index is 693. The molecule has 1 saturated carbocycles. The summed E-state index contributed by atoms with van der Waals surface area (Å²) in [6, 6.07) is 5.49. The molecule has 2 aromatic rings.